The molecule has 0 spiro atoms. The van der Waals surface area contributed by atoms with Gasteiger partial charge in [-0.25, -0.2) is 0 Å². The third-order valence-electron chi connectivity index (χ3n) is 5.58. The van der Waals surface area contributed by atoms with Crippen LogP contribution in [0.4, 0.5) is 0 Å². The first-order chi connectivity index (χ1) is 12.3. The Morgan fingerprint density at radius 2 is 1.12 bits per heavy atom. The quantitative estimate of drug-likeness (QED) is 0.412. The largest absolute Gasteiger partial charge is 0.146 e. The van der Waals surface area contributed by atoms with E-state index < -0.39 is 8.07 Å². The molecule has 1 heteroatoms. The van der Waals surface area contributed by atoms with E-state index in [4.69, 9.17) is 6.42 Å². The Morgan fingerprint density at radius 1 is 0.692 bits per heavy atom. The van der Waals surface area contributed by atoms with Crippen LogP contribution >= 0.6 is 0 Å². The summed E-state index contributed by atoms with van der Waals surface area (Å²) in [7, 11) is -1.76. The molecule has 0 radical (unpaired) electrons. The van der Waals surface area contributed by atoms with E-state index in [1.54, 1.807) is 0 Å². The summed E-state index contributed by atoms with van der Waals surface area (Å²) in [5.74, 6) is 6.40. The zero-order chi connectivity index (χ0) is 19.3. The van der Waals surface area contributed by atoms with Crippen LogP contribution in [0.5, 0.6) is 0 Å². The highest BCUT2D eigenvalue weighted by Gasteiger charge is 2.41. The molecule has 0 amide bonds. The Labute approximate surface area is 161 Å². The van der Waals surface area contributed by atoms with Crippen LogP contribution in [0.2, 0.25) is 16.6 Å². The first-order valence-corrected chi connectivity index (χ1v) is 11.8. The fourth-order valence-electron chi connectivity index (χ4n) is 4.28. The molecule has 2 aromatic rings. The van der Waals surface area contributed by atoms with Gasteiger partial charge in [0.1, 0.15) is 8.07 Å². The lowest BCUT2D eigenvalue weighted by atomic mass is 9.96. The van der Waals surface area contributed by atoms with Crippen LogP contribution in [-0.2, 0) is 0 Å². The fourth-order valence-corrected chi connectivity index (χ4v) is 9.50. The second kappa shape index (κ2) is 8.44. The van der Waals surface area contributed by atoms with E-state index in [1.807, 2.05) is 18.2 Å². The molecule has 134 valence electrons. The lowest BCUT2D eigenvalue weighted by molar-refractivity contribution is 0.838. The van der Waals surface area contributed by atoms with Crippen LogP contribution in [-0.4, -0.2) is 8.07 Å². The lowest BCUT2D eigenvalue weighted by Crippen LogP contribution is -2.43. The van der Waals surface area contributed by atoms with Crippen molar-refractivity contribution in [3.8, 4) is 34.9 Å². The summed E-state index contributed by atoms with van der Waals surface area (Å²) in [6, 6.07) is 16.5. The van der Waals surface area contributed by atoms with Crippen LogP contribution in [0.15, 0.2) is 48.5 Å². The molecule has 0 nitrogen and oxygen atoms in total. The highest BCUT2D eigenvalue weighted by molar-refractivity contribution is 6.90. The van der Waals surface area contributed by atoms with Gasteiger partial charge in [0.2, 0.25) is 0 Å². The molecule has 0 saturated heterocycles. The zero-order valence-electron chi connectivity index (χ0n) is 16.9. The molecule has 0 N–H and O–H groups in total. The lowest BCUT2D eigenvalue weighted by Gasteiger charge is -2.38. The summed E-state index contributed by atoms with van der Waals surface area (Å²) < 4.78 is 0. The smallest absolute Gasteiger partial charge is 0.125 e. The van der Waals surface area contributed by atoms with Crippen molar-refractivity contribution in [1.29, 1.82) is 0 Å². The Balaban J connectivity index is 2.64. The molecule has 0 aromatic heterocycles. The van der Waals surface area contributed by atoms with Crippen molar-refractivity contribution >= 4 is 8.07 Å². The summed E-state index contributed by atoms with van der Waals surface area (Å²) in [5.41, 5.74) is 9.93. The highest BCUT2D eigenvalue weighted by Crippen LogP contribution is 2.41. The molecule has 2 rings (SSSR count). The van der Waals surface area contributed by atoms with Crippen molar-refractivity contribution in [3.63, 3.8) is 0 Å². The van der Waals surface area contributed by atoms with Crippen molar-refractivity contribution in [1.82, 2.24) is 0 Å². The summed E-state index contributed by atoms with van der Waals surface area (Å²) in [4.78, 5) is 0. The highest BCUT2D eigenvalue weighted by atomic mass is 28.3. The summed E-state index contributed by atoms with van der Waals surface area (Å²) >= 11 is 0. The Kier molecular flexibility index (Phi) is 6.52. The van der Waals surface area contributed by atoms with E-state index in [-0.39, 0.29) is 0 Å². The SMILES string of the molecule is C#Cc1ccccc1-c1ccccc1C#C[Si](C(C)C)(C(C)C)C(C)C. The Hall–Kier alpha value is -2.22. The van der Waals surface area contributed by atoms with Gasteiger partial charge < -0.3 is 0 Å². The minimum atomic E-state index is -1.76. The van der Waals surface area contributed by atoms with E-state index in [0.29, 0.717) is 16.6 Å². The van der Waals surface area contributed by atoms with E-state index in [0.717, 1.165) is 22.3 Å². The summed E-state index contributed by atoms with van der Waals surface area (Å²) in [6.45, 7) is 14.1. The van der Waals surface area contributed by atoms with E-state index in [1.165, 1.54) is 0 Å². The van der Waals surface area contributed by atoms with Gasteiger partial charge in [-0.05, 0) is 39.9 Å². The monoisotopic (exact) mass is 358 g/mol. The molecule has 2 aromatic carbocycles. The minimum Gasteiger partial charge on any atom is -0.125 e. The second-order valence-corrected chi connectivity index (χ2v) is 13.5. The fraction of sp³-hybridized carbons (Fsp3) is 0.360. The predicted octanol–water partition coefficient (Wildman–Crippen LogP) is 6.90. The Bertz CT molecular complexity index is 832. The molecule has 0 atom stereocenters. The van der Waals surface area contributed by atoms with Crippen LogP contribution in [0.25, 0.3) is 11.1 Å². The maximum Gasteiger partial charge on any atom is 0.146 e. The third kappa shape index (κ3) is 3.79. The van der Waals surface area contributed by atoms with Crippen LogP contribution in [0.3, 0.4) is 0 Å². The Morgan fingerprint density at radius 3 is 1.58 bits per heavy atom. The zero-order valence-corrected chi connectivity index (χ0v) is 17.9. The average Bonchev–Trinajstić information content (AvgIpc) is 2.61. The average molecular weight is 359 g/mol. The molecule has 0 fully saturated rings. The molecule has 0 aliphatic rings. The van der Waals surface area contributed by atoms with E-state index in [2.05, 4.69) is 89.3 Å². The number of terminal acetylenes is 1. The van der Waals surface area contributed by atoms with E-state index >= 15 is 0 Å². The molecule has 0 aliphatic carbocycles. The first kappa shape index (κ1) is 20.1. The van der Waals surface area contributed by atoms with Gasteiger partial charge >= 0.3 is 0 Å². The normalized spacial score (nSPS) is 11.4. The molecule has 0 heterocycles. The standard InChI is InChI=1S/C25H30Si/c1-8-22-13-9-11-15-24(22)25-16-12-10-14-23(25)17-18-26(19(2)3,20(4)5)21(6)7/h1,9-16,19-21H,2-7H3. The summed E-state index contributed by atoms with van der Waals surface area (Å²) in [6.07, 6.45) is 5.72. The number of hydrogen-bond donors (Lipinski definition) is 0. The number of benzene rings is 2. The predicted molar refractivity (Wildman–Crippen MR) is 118 cm³/mol. The van der Waals surface area contributed by atoms with Gasteiger partial charge in [-0.1, -0.05) is 89.8 Å². The van der Waals surface area contributed by atoms with Crippen LogP contribution < -0.4 is 0 Å². The number of rotatable bonds is 4. The van der Waals surface area contributed by atoms with Gasteiger partial charge in [0, 0.05) is 11.1 Å². The van der Waals surface area contributed by atoms with Gasteiger partial charge in [0.25, 0.3) is 0 Å². The molecule has 0 aliphatic heterocycles. The van der Waals surface area contributed by atoms with Crippen molar-refractivity contribution in [2.75, 3.05) is 0 Å². The maximum atomic E-state index is 5.72. The van der Waals surface area contributed by atoms with E-state index in [9.17, 15) is 0 Å². The van der Waals surface area contributed by atoms with Crippen LogP contribution in [0.1, 0.15) is 52.7 Å². The minimum absolute atomic E-state index is 0.625. The molecule has 26 heavy (non-hydrogen) atoms. The maximum absolute atomic E-state index is 5.72. The van der Waals surface area contributed by atoms with Crippen LogP contribution in [0, 0.1) is 23.8 Å². The van der Waals surface area contributed by atoms with Gasteiger partial charge in [-0.2, -0.15) is 0 Å². The topological polar surface area (TPSA) is 0 Å². The van der Waals surface area contributed by atoms with Gasteiger partial charge in [0.05, 0.1) is 0 Å². The van der Waals surface area contributed by atoms with Crippen molar-refractivity contribution in [3.05, 3.63) is 59.7 Å². The first-order valence-electron chi connectivity index (χ1n) is 9.52. The summed E-state index contributed by atoms with van der Waals surface area (Å²) in [5, 5.41) is 0. The molecule has 0 unspecified atom stereocenters. The van der Waals surface area contributed by atoms with Gasteiger partial charge in [-0.15, -0.1) is 12.0 Å². The van der Waals surface area contributed by atoms with Gasteiger partial charge in [-0.3, -0.25) is 0 Å². The van der Waals surface area contributed by atoms with Gasteiger partial charge in [0.15, 0.2) is 0 Å². The van der Waals surface area contributed by atoms with Crippen molar-refractivity contribution in [2.24, 2.45) is 0 Å². The second-order valence-electron chi connectivity index (χ2n) is 7.88. The molecule has 0 saturated carbocycles. The van der Waals surface area contributed by atoms with Crippen molar-refractivity contribution in [2.45, 2.75) is 58.2 Å². The van der Waals surface area contributed by atoms with Crippen molar-refractivity contribution < 1.29 is 0 Å². The third-order valence-corrected chi connectivity index (χ3v) is 11.9. The molecule has 0 bridgehead atoms. The molecular weight excluding hydrogens is 328 g/mol. The number of hydrogen-bond acceptors (Lipinski definition) is 0. The molecular formula is C25H30Si.